The van der Waals surface area contributed by atoms with Gasteiger partial charge < -0.3 is 15.2 Å². The molecule has 0 radical (unpaired) electrons. The van der Waals surface area contributed by atoms with E-state index in [0.717, 1.165) is 18.2 Å². The molecule has 2 aromatic carbocycles. The summed E-state index contributed by atoms with van der Waals surface area (Å²) < 4.78 is 55.6. The van der Waals surface area contributed by atoms with E-state index in [1.54, 1.807) is 0 Å². The van der Waals surface area contributed by atoms with Crippen LogP contribution in [0.1, 0.15) is 17.2 Å². The first kappa shape index (κ1) is 19.7. The topological polar surface area (TPSA) is 44.7 Å². The first-order valence-corrected chi connectivity index (χ1v) is 8.61. The molecule has 0 spiro atoms. The number of phenolic OH excluding ortho intramolecular Hbond substituents is 1. The molecule has 1 heterocycles. The Kier molecular flexibility index (Phi) is 5.78. The summed E-state index contributed by atoms with van der Waals surface area (Å²) in [5.41, 5.74) is 0.511. The van der Waals surface area contributed by atoms with E-state index in [2.05, 4.69) is 10.1 Å². The average Bonchev–Trinajstić information content (AvgIpc) is 2.62. The van der Waals surface area contributed by atoms with E-state index in [-0.39, 0.29) is 22.1 Å². The number of nitrogens with one attached hydrogen (secondary N) is 1. The molecule has 146 valence electrons. The maximum absolute atomic E-state index is 14.6. The molecule has 0 aromatic heterocycles. The molecule has 2 aromatic rings. The summed E-state index contributed by atoms with van der Waals surface area (Å²) in [5.74, 6) is -1.40. The molecular formula is C18H17ClF4N2O2. The highest BCUT2D eigenvalue weighted by molar-refractivity contribution is 6.32. The quantitative estimate of drug-likeness (QED) is 0.754. The van der Waals surface area contributed by atoms with Crippen LogP contribution in [0.4, 0.5) is 17.6 Å². The van der Waals surface area contributed by atoms with E-state index >= 15 is 0 Å². The van der Waals surface area contributed by atoms with Gasteiger partial charge in [-0.2, -0.15) is 0 Å². The lowest BCUT2D eigenvalue weighted by Gasteiger charge is -2.36. The second-order valence-corrected chi connectivity index (χ2v) is 6.50. The van der Waals surface area contributed by atoms with Crippen LogP contribution in [-0.4, -0.2) is 42.5 Å². The molecule has 0 bridgehead atoms. The molecule has 2 N–H and O–H groups in total. The number of benzene rings is 2. The molecule has 0 amide bonds. The van der Waals surface area contributed by atoms with Gasteiger partial charge in [0.25, 0.3) is 0 Å². The van der Waals surface area contributed by atoms with Gasteiger partial charge in [0.05, 0.1) is 16.6 Å². The Hall–Kier alpha value is -2.03. The standard InChI is InChI=1S/C18H17ClF4N2O2/c19-13-5-6-14(20)15(17(13)26)16(25-9-7-24-8-10-25)11-1-3-12(4-2-11)27-18(21,22)23/h1-6,16,24,26H,7-10H2/t16-/m1/s1. The maximum Gasteiger partial charge on any atom is 0.573 e. The summed E-state index contributed by atoms with van der Waals surface area (Å²) in [5, 5.41) is 13.5. The first-order chi connectivity index (χ1) is 12.8. The first-order valence-electron chi connectivity index (χ1n) is 8.23. The molecule has 9 heteroatoms. The highest BCUT2D eigenvalue weighted by Gasteiger charge is 2.32. The molecule has 0 aliphatic carbocycles. The Bertz CT molecular complexity index is 793. The van der Waals surface area contributed by atoms with Crippen LogP contribution in [0.5, 0.6) is 11.5 Å². The number of piperazine rings is 1. The van der Waals surface area contributed by atoms with Crippen molar-refractivity contribution in [2.24, 2.45) is 0 Å². The van der Waals surface area contributed by atoms with E-state index in [4.69, 9.17) is 11.6 Å². The minimum atomic E-state index is -4.79. The van der Waals surface area contributed by atoms with Crippen molar-refractivity contribution in [3.63, 3.8) is 0 Å². The Morgan fingerprint density at radius 1 is 1.07 bits per heavy atom. The summed E-state index contributed by atoms with van der Waals surface area (Å²) in [4.78, 5) is 1.94. The Morgan fingerprint density at radius 3 is 2.30 bits per heavy atom. The van der Waals surface area contributed by atoms with Gasteiger partial charge in [-0.25, -0.2) is 4.39 Å². The van der Waals surface area contributed by atoms with E-state index in [9.17, 15) is 22.7 Å². The van der Waals surface area contributed by atoms with Gasteiger partial charge in [-0.3, -0.25) is 4.90 Å². The summed E-state index contributed by atoms with van der Waals surface area (Å²) in [6.07, 6.45) is -4.79. The van der Waals surface area contributed by atoms with Crippen molar-refractivity contribution >= 4 is 11.6 Å². The third-order valence-electron chi connectivity index (χ3n) is 4.33. The zero-order valence-corrected chi connectivity index (χ0v) is 14.8. The summed E-state index contributed by atoms with van der Waals surface area (Å²) in [6, 6.07) is 6.89. The largest absolute Gasteiger partial charge is 0.573 e. The van der Waals surface area contributed by atoms with Crippen molar-refractivity contribution in [3.05, 3.63) is 58.4 Å². The van der Waals surface area contributed by atoms with E-state index in [1.807, 2.05) is 4.90 Å². The number of alkyl halides is 3. The van der Waals surface area contributed by atoms with Gasteiger partial charge in [0.15, 0.2) is 0 Å². The SMILES string of the molecule is Oc1c(Cl)ccc(F)c1[C@@H](c1ccc(OC(F)(F)F)cc1)N1CCNCC1. The molecule has 4 nitrogen and oxygen atoms in total. The monoisotopic (exact) mass is 404 g/mol. The number of hydrogen-bond acceptors (Lipinski definition) is 4. The molecule has 1 fully saturated rings. The van der Waals surface area contributed by atoms with Gasteiger partial charge in [-0.15, -0.1) is 13.2 Å². The molecule has 1 atom stereocenters. The van der Waals surface area contributed by atoms with Crippen LogP contribution in [0.15, 0.2) is 36.4 Å². The van der Waals surface area contributed by atoms with Crippen LogP contribution in [0.2, 0.25) is 5.02 Å². The third-order valence-corrected chi connectivity index (χ3v) is 4.64. The maximum atomic E-state index is 14.6. The average molecular weight is 405 g/mol. The highest BCUT2D eigenvalue weighted by Crippen LogP contribution is 2.40. The molecule has 1 saturated heterocycles. The predicted molar refractivity (Wildman–Crippen MR) is 92.5 cm³/mol. The van der Waals surface area contributed by atoms with Gasteiger partial charge in [0.2, 0.25) is 0 Å². The van der Waals surface area contributed by atoms with Crippen LogP contribution in [0, 0.1) is 5.82 Å². The lowest BCUT2D eigenvalue weighted by molar-refractivity contribution is -0.274. The van der Waals surface area contributed by atoms with Crippen molar-refractivity contribution in [2.45, 2.75) is 12.4 Å². The fraction of sp³-hybridized carbons (Fsp3) is 0.333. The minimum absolute atomic E-state index is 0.00330. The van der Waals surface area contributed by atoms with Gasteiger partial charge >= 0.3 is 6.36 Å². The van der Waals surface area contributed by atoms with Crippen molar-refractivity contribution < 1.29 is 27.4 Å². The molecular weight excluding hydrogens is 388 g/mol. The molecule has 27 heavy (non-hydrogen) atoms. The second-order valence-electron chi connectivity index (χ2n) is 6.10. The molecule has 1 aliphatic heterocycles. The summed E-state index contributed by atoms with van der Waals surface area (Å²) in [7, 11) is 0. The van der Waals surface area contributed by atoms with Crippen LogP contribution >= 0.6 is 11.6 Å². The van der Waals surface area contributed by atoms with Crippen LogP contribution in [0.25, 0.3) is 0 Å². The van der Waals surface area contributed by atoms with Crippen molar-refractivity contribution in [1.82, 2.24) is 10.2 Å². The normalized spacial score (nSPS) is 16.9. The van der Waals surface area contributed by atoms with Gasteiger partial charge in [-0.1, -0.05) is 23.7 Å². The number of phenols is 1. The van der Waals surface area contributed by atoms with Crippen molar-refractivity contribution in [1.29, 1.82) is 0 Å². The van der Waals surface area contributed by atoms with Gasteiger partial charge in [-0.05, 0) is 29.8 Å². The van der Waals surface area contributed by atoms with Crippen molar-refractivity contribution in [2.75, 3.05) is 26.2 Å². The fourth-order valence-corrected chi connectivity index (χ4v) is 3.33. The number of ether oxygens (including phenoxy) is 1. The van der Waals surface area contributed by atoms with Gasteiger partial charge in [0.1, 0.15) is 17.3 Å². The third kappa shape index (κ3) is 4.63. The molecule has 1 aliphatic rings. The number of aromatic hydroxyl groups is 1. The molecule has 0 saturated carbocycles. The van der Waals surface area contributed by atoms with Crippen LogP contribution < -0.4 is 10.1 Å². The Labute approximate surface area is 158 Å². The van der Waals surface area contributed by atoms with Crippen molar-refractivity contribution in [3.8, 4) is 11.5 Å². The zero-order valence-electron chi connectivity index (χ0n) is 14.1. The van der Waals surface area contributed by atoms with Gasteiger partial charge in [0, 0.05) is 26.2 Å². The summed E-state index contributed by atoms with van der Waals surface area (Å²) >= 11 is 5.96. The van der Waals surface area contributed by atoms with E-state index in [0.29, 0.717) is 31.7 Å². The lowest BCUT2D eigenvalue weighted by Crippen LogP contribution is -2.45. The smallest absolute Gasteiger partial charge is 0.506 e. The second kappa shape index (κ2) is 7.92. The molecule has 0 unspecified atom stereocenters. The minimum Gasteiger partial charge on any atom is -0.506 e. The van der Waals surface area contributed by atoms with E-state index < -0.39 is 18.2 Å². The lowest BCUT2D eigenvalue weighted by atomic mass is 9.95. The Morgan fingerprint density at radius 2 is 1.70 bits per heavy atom. The number of nitrogens with zero attached hydrogens (tertiary/aromatic N) is 1. The van der Waals surface area contributed by atoms with Crippen LogP contribution in [0.3, 0.4) is 0 Å². The number of halogens is 5. The Balaban J connectivity index is 2.02. The van der Waals surface area contributed by atoms with E-state index in [1.165, 1.54) is 18.2 Å². The highest BCUT2D eigenvalue weighted by atomic mass is 35.5. The molecule has 3 rings (SSSR count). The number of hydrogen-bond donors (Lipinski definition) is 2. The number of rotatable bonds is 4. The fourth-order valence-electron chi connectivity index (χ4n) is 3.17. The predicted octanol–water partition coefficient (Wildman–Crippen LogP) is 4.08. The summed E-state index contributed by atoms with van der Waals surface area (Å²) in [6.45, 7) is 2.46. The van der Waals surface area contributed by atoms with Crippen LogP contribution in [-0.2, 0) is 0 Å². The zero-order chi connectivity index (χ0) is 19.6.